The Bertz CT molecular complexity index is 530. The normalized spacial score (nSPS) is 16.4. The Hall–Kier alpha value is -1.26. The number of hydrogen-bond acceptors (Lipinski definition) is 3. The molecule has 2 rings (SSSR count). The predicted octanol–water partition coefficient (Wildman–Crippen LogP) is 3.16. The highest BCUT2D eigenvalue weighted by Crippen LogP contribution is 2.31. The second-order valence-corrected chi connectivity index (χ2v) is 6.70. The van der Waals surface area contributed by atoms with E-state index in [1.54, 1.807) is 6.92 Å². The maximum atomic E-state index is 12.2. The van der Waals surface area contributed by atoms with Crippen molar-refractivity contribution in [2.75, 3.05) is 6.54 Å². The van der Waals surface area contributed by atoms with Crippen LogP contribution >= 0.6 is 12.4 Å². The van der Waals surface area contributed by atoms with Crippen LogP contribution in [-0.4, -0.2) is 24.6 Å². The number of carbonyl (C=O) groups is 1. The van der Waals surface area contributed by atoms with Gasteiger partial charge in [-0.25, -0.2) is 0 Å². The first kappa shape index (κ1) is 19.8. The van der Waals surface area contributed by atoms with Crippen LogP contribution in [0.25, 0.3) is 0 Å². The predicted molar refractivity (Wildman–Crippen MR) is 96.3 cm³/mol. The van der Waals surface area contributed by atoms with Crippen LogP contribution in [0.3, 0.4) is 0 Å². The number of carbonyl (C=O) groups excluding carboxylic acids is 1. The SMILES string of the molecule is Cc1ccc(C(C)C)c(OC(C)C(=O)NCC(N)C2CC2)c1.Cl. The monoisotopic (exact) mass is 340 g/mol. The van der Waals surface area contributed by atoms with E-state index in [4.69, 9.17) is 10.5 Å². The summed E-state index contributed by atoms with van der Waals surface area (Å²) in [6.07, 6.45) is 1.85. The van der Waals surface area contributed by atoms with Crippen LogP contribution in [0.15, 0.2) is 18.2 Å². The highest BCUT2D eigenvalue weighted by molar-refractivity contribution is 5.85. The lowest BCUT2D eigenvalue weighted by Gasteiger charge is -2.20. The van der Waals surface area contributed by atoms with Gasteiger partial charge in [0, 0.05) is 12.6 Å². The van der Waals surface area contributed by atoms with E-state index in [-0.39, 0.29) is 24.4 Å². The molecule has 0 aromatic heterocycles. The number of aryl methyl sites for hydroxylation is 1. The van der Waals surface area contributed by atoms with E-state index >= 15 is 0 Å². The number of amides is 1. The molecule has 2 atom stereocenters. The molecule has 130 valence electrons. The van der Waals surface area contributed by atoms with Crippen molar-refractivity contribution in [3.05, 3.63) is 29.3 Å². The van der Waals surface area contributed by atoms with E-state index in [1.807, 2.05) is 13.0 Å². The summed E-state index contributed by atoms with van der Waals surface area (Å²) >= 11 is 0. The number of hydrogen-bond donors (Lipinski definition) is 2. The maximum absolute atomic E-state index is 12.2. The molecule has 1 aromatic carbocycles. The van der Waals surface area contributed by atoms with Gasteiger partial charge in [0.2, 0.25) is 0 Å². The second kappa shape index (κ2) is 8.55. The first-order valence-electron chi connectivity index (χ1n) is 8.19. The molecule has 23 heavy (non-hydrogen) atoms. The van der Waals surface area contributed by atoms with E-state index < -0.39 is 6.10 Å². The summed E-state index contributed by atoms with van der Waals surface area (Å²) in [6, 6.07) is 6.21. The average Bonchev–Trinajstić information content (AvgIpc) is 3.28. The zero-order chi connectivity index (χ0) is 16.3. The quantitative estimate of drug-likeness (QED) is 0.801. The minimum absolute atomic E-state index is 0. The number of ether oxygens (including phenoxy) is 1. The first-order valence-corrected chi connectivity index (χ1v) is 8.19. The molecule has 2 unspecified atom stereocenters. The molecule has 0 saturated heterocycles. The lowest BCUT2D eigenvalue weighted by molar-refractivity contribution is -0.127. The standard InChI is InChI=1S/C18H28N2O2.ClH/c1-11(2)15-8-5-12(3)9-17(15)22-13(4)18(21)20-10-16(19)14-6-7-14;/h5,8-9,11,13-14,16H,6-7,10,19H2,1-4H3,(H,20,21);1H. The fourth-order valence-electron chi connectivity index (χ4n) is 2.52. The molecule has 1 saturated carbocycles. The van der Waals surface area contributed by atoms with E-state index in [1.165, 1.54) is 12.8 Å². The molecule has 0 radical (unpaired) electrons. The molecular formula is C18H29ClN2O2. The fourth-order valence-corrected chi connectivity index (χ4v) is 2.52. The van der Waals surface area contributed by atoms with Crippen molar-refractivity contribution in [3.63, 3.8) is 0 Å². The zero-order valence-corrected chi connectivity index (χ0v) is 15.3. The van der Waals surface area contributed by atoms with Crippen molar-refractivity contribution in [3.8, 4) is 5.75 Å². The highest BCUT2D eigenvalue weighted by Gasteiger charge is 2.29. The van der Waals surface area contributed by atoms with Gasteiger partial charge >= 0.3 is 0 Å². The van der Waals surface area contributed by atoms with Crippen LogP contribution < -0.4 is 15.8 Å². The van der Waals surface area contributed by atoms with Crippen LogP contribution in [0.2, 0.25) is 0 Å². The van der Waals surface area contributed by atoms with Crippen LogP contribution in [0.5, 0.6) is 5.75 Å². The molecule has 1 fully saturated rings. The van der Waals surface area contributed by atoms with Crippen LogP contribution in [0, 0.1) is 12.8 Å². The highest BCUT2D eigenvalue weighted by atomic mass is 35.5. The van der Waals surface area contributed by atoms with Crippen molar-refractivity contribution in [2.24, 2.45) is 11.7 Å². The van der Waals surface area contributed by atoms with Crippen molar-refractivity contribution < 1.29 is 9.53 Å². The molecule has 4 nitrogen and oxygen atoms in total. The van der Waals surface area contributed by atoms with Gasteiger partial charge in [0.25, 0.3) is 5.91 Å². The van der Waals surface area contributed by atoms with Gasteiger partial charge in [-0.05, 0) is 55.7 Å². The van der Waals surface area contributed by atoms with Crippen LogP contribution in [-0.2, 0) is 4.79 Å². The molecule has 1 aromatic rings. The third-order valence-corrected chi connectivity index (χ3v) is 4.20. The zero-order valence-electron chi connectivity index (χ0n) is 14.5. The maximum Gasteiger partial charge on any atom is 0.260 e. The third-order valence-electron chi connectivity index (χ3n) is 4.20. The Labute approximate surface area is 145 Å². The van der Waals surface area contributed by atoms with Gasteiger partial charge in [0.15, 0.2) is 6.10 Å². The smallest absolute Gasteiger partial charge is 0.260 e. The van der Waals surface area contributed by atoms with Crippen LogP contribution in [0.1, 0.15) is 50.7 Å². The number of nitrogens with one attached hydrogen (secondary N) is 1. The van der Waals surface area contributed by atoms with Gasteiger partial charge in [-0.2, -0.15) is 0 Å². The summed E-state index contributed by atoms with van der Waals surface area (Å²) < 4.78 is 5.90. The number of halogens is 1. The molecule has 1 amide bonds. The fraction of sp³-hybridized carbons (Fsp3) is 0.611. The summed E-state index contributed by atoms with van der Waals surface area (Å²) in [7, 11) is 0. The summed E-state index contributed by atoms with van der Waals surface area (Å²) in [5, 5.41) is 2.90. The Morgan fingerprint density at radius 3 is 2.57 bits per heavy atom. The van der Waals surface area contributed by atoms with Crippen LogP contribution in [0.4, 0.5) is 0 Å². The number of nitrogens with two attached hydrogens (primary N) is 1. The van der Waals surface area contributed by atoms with Gasteiger partial charge in [0.1, 0.15) is 5.75 Å². The van der Waals surface area contributed by atoms with E-state index in [2.05, 4.69) is 31.3 Å². The van der Waals surface area contributed by atoms with Crippen molar-refractivity contribution in [2.45, 2.75) is 58.6 Å². The van der Waals surface area contributed by atoms with Gasteiger partial charge in [-0.1, -0.05) is 26.0 Å². The molecule has 1 aliphatic rings. The first-order chi connectivity index (χ1) is 10.4. The minimum Gasteiger partial charge on any atom is -0.481 e. The van der Waals surface area contributed by atoms with E-state index in [9.17, 15) is 4.79 Å². The molecule has 0 aliphatic heterocycles. The molecule has 0 bridgehead atoms. The topological polar surface area (TPSA) is 64.3 Å². The number of benzene rings is 1. The van der Waals surface area contributed by atoms with E-state index in [0.29, 0.717) is 18.4 Å². The average molecular weight is 341 g/mol. The third kappa shape index (κ3) is 5.70. The van der Waals surface area contributed by atoms with Crippen molar-refractivity contribution >= 4 is 18.3 Å². The van der Waals surface area contributed by atoms with Gasteiger partial charge in [-0.15, -0.1) is 12.4 Å². The Morgan fingerprint density at radius 2 is 2.00 bits per heavy atom. The Balaban J connectivity index is 0.00000264. The van der Waals surface area contributed by atoms with Gasteiger partial charge in [0.05, 0.1) is 0 Å². The van der Waals surface area contributed by atoms with Gasteiger partial charge in [-0.3, -0.25) is 4.79 Å². The molecule has 1 aliphatic carbocycles. The molecule has 0 spiro atoms. The lowest BCUT2D eigenvalue weighted by Crippen LogP contribution is -2.43. The van der Waals surface area contributed by atoms with Crippen molar-refractivity contribution in [1.29, 1.82) is 0 Å². The summed E-state index contributed by atoms with van der Waals surface area (Å²) in [6.45, 7) is 8.58. The molecule has 5 heteroatoms. The Morgan fingerprint density at radius 1 is 1.35 bits per heavy atom. The summed E-state index contributed by atoms with van der Waals surface area (Å²) in [4.78, 5) is 12.2. The Kier molecular flexibility index (Phi) is 7.36. The van der Waals surface area contributed by atoms with Gasteiger partial charge < -0.3 is 15.8 Å². The van der Waals surface area contributed by atoms with E-state index in [0.717, 1.165) is 16.9 Å². The lowest BCUT2D eigenvalue weighted by atomic mass is 10.0. The summed E-state index contributed by atoms with van der Waals surface area (Å²) in [5.41, 5.74) is 8.26. The largest absolute Gasteiger partial charge is 0.481 e. The molecule has 3 N–H and O–H groups in total. The molecular weight excluding hydrogens is 312 g/mol. The summed E-state index contributed by atoms with van der Waals surface area (Å²) in [5.74, 6) is 1.63. The second-order valence-electron chi connectivity index (χ2n) is 6.70. The van der Waals surface area contributed by atoms with Crippen molar-refractivity contribution in [1.82, 2.24) is 5.32 Å². The molecule has 0 heterocycles. The minimum atomic E-state index is -0.522. The number of rotatable bonds is 7.